The van der Waals surface area contributed by atoms with E-state index in [-0.39, 0.29) is 21.0 Å². The van der Waals surface area contributed by atoms with Crippen LogP contribution in [0.25, 0.3) is 0 Å². The van der Waals surface area contributed by atoms with Crippen LogP contribution in [-0.4, -0.2) is 24.7 Å². The molecule has 0 heterocycles. The van der Waals surface area contributed by atoms with E-state index in [1.165, 1.54) is 13.2 Å². The minimum atomic E-state index is -0.540. The van der Waals surface area contributed by atoms with Gasteiger partial charge in [-0.1, -0.05) is 0 Å². The molecular formula is C10H12FIN2O3. The Labute approximate surface area is 112 Å². The quantitative estimate of drug-likeness (QED) is 0.502. The van der Waals surface area contributed by atoms with Crippen LogP contribution < -0.4 is 5.32 Å². The van der Waals surface area contributed by atoms with Crippen molar-refractivity contribution in [3.63, 3.8) is 0 Å². The Morgan fingerprint density at radius 2 is 2.29 bits per heavy atom. The molecule has 0 radical (unpaired) electrons. The molecule has 0 aliphatic rings. The molecule has 1 aromatic carbocycles. The minimum Gasteiger partial charge on any atom is -0.380 e. The van der Waals surface area contributed by atoms with E-state index < -0.39 is 10.7 Å². The summed E-state index contributed by atoms with van der Waals surface area (Å²) in [5.41, 5.74) is 0.0240. The first-order chi connectivity index (χ1) is 7.95. The summed E-state index contributed by atoms with van der Waals surface area (Å²) in [6.07, 6.45) is -0.114. The van der Waals surface area contributed by atoms with Crippen LogP contribution in [0.5, 0.6) is 0 Å². The second kappa shape index (κ2) is 6.10. The lowest BCUT2D eigenvalue weighted by atomic mass is 10.2. The lowest BCUT2D eigenvalue weighted by Gasteiger charge is -2.12. The summed E-state index contributed by atoms with van der Waals surface area (Å²) in [5, 5.41) is 13.6. The van der Waals surface area contributed by atoms with Gasteiger partial charge in [0, 0.05) is 25.8 Å². The Hall–Kier alpha value is -0.960. The van der Waals surface area contributed by atoms with Crippen molar-refractivity contribution >= 4 is 34.0 Å². The van der Waals surface area contributed by atoms with Crippen molar-refractivity contribution in [2.75, 3.05) is 19.0 Å². The monoisotopic (exact) mass is 354 g/mol. The van der Waals surface area contributed by atoms with Crippen molar-refractivity contribution in [2.45, 2.75) is 13.0 Å². The van der Waals surface area contributed by atoms with Crippen LogP contribution >= 0.6 is 22.6 Å². The number of benzene rings is 1. The van der Waals surface area contributed by atoms with Gasteiger partial charge in [0.15, 0.2) is 0 Å². The van der Waals surface area contributed by atoms with Crippen LogP contribution in [0, 0.1) is 19.5 Å². The molecule has 0 bridgehead atoms. The molecule has 0 aliphatic heterocycles. The van der Waals surface area contributed by atoms with Crippen LogP contribution in [0.3, 0.4) is 0 Å². The number of halogens is 2. The molecule has 1 atom stereocenters. The normalized spacial score (nSPS) is 12.2. The number of hydrogen-bond donors (Lipinski definition) is 1. The third-order valence-corrected chi connectivity index (χ3v) is 3.04. The Kier molecular flexibility index (Phi) is 5.06. The number of methoxy groups -OCH3 is 1. The molecule has 1 rings (SSSR count). The highest BCUT2D eigenvalue weighted by Gasteiger charge is 2.17. The predicted molar refractivity (Wildman–Crippen MR) is 70.7 cm³/mol. The van der Waals surface area contributed by atoms with Gasteiger partial charge in [0.05, 0.1) is 14.6 Å². The van der Waals surface area contributed by atoms with Crippen molar-refractivity contribution in [1.82, 2.24) is 0 Å². The van der Waals surface area contributed by atoms with E-state index in [1.54, 1.807) is 22.6 Å². The zero-order valence-corrected chi connectivity index (χ0v) is 11.5. The van der Waals surface area contributed by atoms with E-state index >= 15 is 0 Å². The number of nitro benzene ring substituents is 1. The molecule has 0 saturated heterocycles. The molecule has 7 heteroatoms. The van der Waals surface area contributed by atoms with Crippen molar-refractivity contribution in [1.29, 1.82) is 0 Å². The second-order valence-electron chi connectivity index (χ2n) is 3.47. The Balaban J connectivity index is 2.96. The number of nitro groups is 1. The van der Waals surface area contributed by atoms with Gasteiger partial charge in [-0.3, -0.25) is 10.1 Å². The van der Waals surface area contributed by atoms with E-state index in [4.69, 9.17) is 4.74 Å². The molecule has 0 aliphatic carbocycles. The molecule has 5 nitrogen and oxygen atoms in total. The largest absolute Gasteiger partial charge is 0.380 e. The van der Waals surface area contributed by atoms with Crippen LogP contribution in [0.1, 0.15) is 6.92 Å². The van der Waals surface area contributed by atoms with Gasteiger partial charge in [0.1, 0.15) is 11.5 Å². The average Bonchev–Trinajstić information content (AvgIpc) is 2.29. The fourth-order valence-corrected chi connectivity index (χ4v) is 1.62. The number of ether oxygens (including phenoxy) is 1. The van der Waals surface area contributed by atoms with Crippen molar-refractivity contribution in [3.8, 4) is 0 Å². The number of rotatable bonds is 5. The molecule has 0 fully saturated rings. The van der Waals surface area contributed by atoms with Crippen LogP contribution in [0.2, 0.25) is 0 Å². The summed E-state index contributed by atoms with van der Waals surface area (Å²) >= 11 is 1.72. The maximum atomic E-state index is 13.3. The number of nitrogens with zero attached hydrogens (tertiary/aromatic N) is 1. The summed E-state index contributed by atoms with van der Waals surface area (Å²) in [5.74, 6) is -0.483. The summed E-state index contributed by atoms with van der Waals surface area (Å²) in [6, 6.07) is 2.33. The summed E-state index contributed by atoms with van der Waals surface area (Å²) in [7, 11) is 1.54. The maximum Gasteiger partial charge on any atom is 0.293 e. The van der Waals surface area contributed by atoms with Gasteiger partial charge < -0.3 is 10.1 Å². The number of hydrogen-bond acceptors (Lipinski definition) is 4. The van der Waals surface area contributed by atoms with Crippen molar-refractivity contribution in [3.05, 3.63) is 31.6 Å². The van der Waals surface area contributed by atoms with Gasteiger partial charge in [-0.05, 0) is 29.5 Å². The molecule has 0 amide bonds. The SMILES string of the molecule is COC(C)CNc1cc(F)c(I)cc1[N+](=O)[O-]. The molecular weight excluding hydrogens is 342 g/mol. The Bertz CT molecular complexity index is 428. The van der Waals surface area contributed by atoms with Gasteiger partial charge in [0.2, 0.25) is 0 Å². The van der Waals surface area contributed by atoms with E-state index in [0.29, 0.717) is 6.54 Å². The van der Waals surface area contributed by atoms with Gasteiger partial charge in [-0.25, -0.2) is 4.39 Å². The molecule has 94 valence electrons. The van der Waals surface area contributed by atoms with Gasteiger partial charge in [0.25, 0.3) is 5.69 Å². The van der Waals surface area contributed by atoms with E-state index in [9.17, 15) is 14.5 Å². The molecule has 1 aromatic rings. The molecule has 0 saturated carbocycles. The maximum absolute atomic E-state index is 13.3. The summed E-state index contributed by atoms with van der Waals surface area (Å²) in [6.45, 7) is 2.18. The highest BCUT2D eigenvalue weighted by molar-refractivity contribution is 14.1. The number of nitrogens with one attached hydrogen (secondary N) is 1. The van der Waals surface area contributed by atoms with Gasteiger partial charge >= 0.3 is 0 Å². The first kappa shape index (κ1) is 14.1. The summed E-state index contributed by atoms with van der Waals surface area (Å²) in [4.78, 5) is 10.3. The van der Waals surface area contributed by atoms with Gasteiger partial charge in [-0.15, -0.1) is 0 Å². The zero-order valence-electron chi connectivity index (χ0n) is 9.37. The van der Waals surface area contributed by atoms with Gasteiger partial charge in [-0.2, -0.15) is 0 Å². The van der Waals surface area contributed by atoms with E-state index in [0.717, 1.165) is 6.07 Å². The smallest absolute Gasteiger partial charge is 0.293 e. The van der Waals surface area contributed by atoms with Crippen LogP contribution in [-0.2, 0) is 4.74 Å². The van der Waals surface area contributed by atoms with Crippen LogP contribution in [0.4, 0.5) is 15.8 Å². The average molecular weight is 354 g/mol. The summed E-state index contributed by atoms with van der Waals surface area (Å²) < 4.78 is 18.5. The lowest BCUT2D eigenvalue weighted by molar-refractivity contribution is -0.384. The highest BCUT2D eigenvalue weighted by Crippen LogP contribution is 2.28. The minimum absolute atomic E-state index is 0.114. The molecule has 1 unspecified atom stereocenters. The van der Waals surface area contributed by atoms with Crippen molar-refractivity contribution in [2.24, 2.45) is 0 Å². The fraction of sp³-hybridized carbons (Fsp3) is 0.400. The highest BCUT2D eigenvalue weighted by atomic mass is 127. The standard InChI is InChI=1S/C10H12FIN2O3/c1-6(17-2)5-13-9-3-7(11)8(12)4-10(9)14(15)16/h3-4,6,13H,5H2,1-2H3. The molecule has 1 N–H and O–H groups in total. The first-order valence-electron chi connectivity index (χ1n) is 4.85. The lowest BCUT2D eigenvalue weighted by Crippen LogP contribution is -2.18. The second-order valence-corrected chi connectivity index (χ2v) is 4.63. The topological polar surface area (TPSA) is 64.4 Å². The molecule has 0 aromatic heterocycles. The molecule has 17 heavy (non-hydrogen) atoms. The fourth-order valence-electron chi connectivity index (χ4n) is 1.17. The Morgan fingerprint density at radius 1 is 1.65 bits per heavy atom. The third kappa shape index (κ3) is 3.77. The first-order valence-corrected chi connectivity index (χ1v) is 5.93. The number of anilines is 1. The Morgan fingerprint density at radius 3 is 2.82 bits per heavy atom. The molecule has 0 spiro atoms. The van der Waals surface area contributed by atoms with E-state index in [2.05, 4.69) is 5.32 Å². The van der Waals surface area contributed by atoms with Crippen LogP contribution in [0.15, 0.2) is 12.1 Å². The predicted octanol–water partition coefficient (Wildman–Crippen LogP) is 2.79. The third-order valence-electron chi connectivity index (χ3n) is 2.22. The zero-order chi connectivity index (χ0) is 13.0. The van der Waals surface area contributed by atoms with E-state index in [1.807, 2.05) is 6.92 Å². The van der Waals surface area contributed by atoms with Crippen molar-refractivity contribution < 1.29 is 14.1 Å².